The van der Waals surface area contributed by atoms with Crippen LogP contribution in [0.25, 0.3) is 0 Å². The quantitative estimate of drug-likeness (QED) is 0.474. The number of hydrogen-bond donors (Lipinski definition) is 1. The normalized spacial score (nSPS) is 18.1. The molecule has 2 heterocycles. The Bertz CT molecular complexity index is 1400. The standard InChI is InChI=1S/C26H36N4O7S2/c1-20-4-6-22(19-25(20)39(34,35)29-12-10-28(2)11-13-29)27-26(31)9-5-21-18-23(7-8-24(21)36-3)38(32,33)30-14-16-37-17-15-30/h4,6-8,18-19H,5,9-17H2,1-3H3,(H,27,31). The maximum atomic E-state index is 13.3. The van der Waals surface area contributed by atoms with Crippen molar-refractivity contribution in [2.45, 2.75) is 29.6 Å². The van der Waals surface area contributed by atoms with Gasteiger partial charge in [0.2, 0.25) is 26.0 Å². The van der Waals surface area contributed by atoms with Gasteiger partial charge >= 0.3 is 0 Å². The second kappa shape index (κ2) is 12.3. The monoisotopic (exact) mass is 580 g/mol. The van der Waals surface area contributed by atoms with Gasteiger partial charge in [-0.2, -0.15) is 8.61 Å². The molecule has 0 bridgehead atoms. The largest absolute Gasteiger partial charge is 0.496 e. The second-order valence-corrected chi connectivity index (χ2v) is 13.6. The van der Waals surface area contributed by atoms with Crippen molar-refractivity contribution in [3.63, 3.8) is 0 Å². The number of anilines is 1. The minimum atomic E-state index is -3.70. The number of methoxy groups -OCH3 is 1. The molecule has 0 saturated carbocycles. The highest BCUT2D eigenvalue weighted by Crippen LogP contribution is 2.27. The van der Waals surface area contributed by atoms with E-state index in [9.17, 15) is 21.6 Å². The van der Waals surface area contributed by atoms with Gasteiger partial charge in [0, 0.05) is 51.4 Å². The maximum Gasteiger partial charge on any atom is 0.243 e. The van der Waals surface area contributed by atoms with E-state index in [-0.39, 0.29) is 41.6 Å². The van der Waals surface area contributed by atoms with E-state index in [1.54, 1.807) is 31.2 Å². The Kier molecular flexibility index (Phi) is 9.29. The van der Waals surface area contributed by atoms with Crippen LogP contribution in [0.15, 0.2) is 46.2 Å². The predicted molar refractivity (Wildman–Crippen MR) is 147 cm³/mol. The lowest BCUT2D eigenvalue weighted by Crippen LogP contribution is -2.47. The zero-order valence-corrected chi connectivity index (χ0v) is 24.2. The van der Waals surface area contributed by atoms with Gasteiger partial charge in [-0.3, -0.25) is 4.79 Å². The number of aryl methyl sites for hydroxylation is 2. The number of hydrogen-bond acceptors (Lipinski definition) is 8. The van der Waals surface area contributed by atoms with E-state index in [2.05, 4.69) is 10.2 Å². The molecule has 214 valence electrons. The fraction of sp³-hybridized carbons (Fsp3) is 0.500. The summed E-state index contributed by atoms with van der Waals surface area (Å²) in [4.78, 5) is 15.2. The van der Waals surface area contributed by atoms with Crippen LogP contribution in [-0.4, -0.2) is 103 Å². The molecule has 0 aliphatic carbocycles. The van der Waals surface area contributed by atoms with Crippen molar-refractivity contribution in [1.29, 1.82) is 0 Å². The topological polar surface area (TPSA) is 126 Å². The van der Waals surface area contributed by atoms with Gasteiger partial charge in [-0.05, 0) is 61.9 Å². The third-order valence-electron chi connectivity index (χ3n) is 7.03. The molecule has 0 atom stereocenters. The summed E-state index contributed by atoms with van der Waals surface area (Å²) in [6.07, 6.45) is 0.283. The molecular weight excluding hydrogens is 544 g/mol. The fourth-order valence-electron chi connectivity index (χ4n) is 4.64. The highest BCUT2D eigenvalue weighted by Gasteiger charge is 2.29. The molecule has 4 rings (SSSR count). The predicted octanol–water partition coefficient (Wildman–Crippen LogP) is 1.53. The molecule has 2 aromatic carbocycles. The summed E-state index contributed by atoms with van der Waals surface area (Å²) >= 11 is 0. The summed E-state index contributed by atoms with van der Waals surface area (Å²) in [7, 11) is -3.95. The van der Waals surface area contributed by atoms with Gasteiger partial charge in [-0.1, -0.05) is 6.07 Å². The van der Waals surface area contributed by atoms with Gasteiger partial charge in [0.15, 0.2) is 0 Å². The average molecular weight is 581 g/mol. The Morgan fingerprint density at radius 1 is 0.923 bits per heavy atom. The average Bonchev–Trinajstić information content (AvgIpc) is 2.93. The summed E-state index contributed by atoms with van der Waals surface area (Å²) in [6, 6.07) is 9.49. The van der Waals surface area contributed by atoms with E-state index in [0.717, 1.165) is 0 Å². The molecule has 0 spiro atoms. The number of ether oxygens (including phenoxy) is 2. The van der Waals surface area contributed by atoms with Crippen molar-refractivity contribution in [3.8, 4) is 5.75 Å². The van der Waals surface area contributed by atoms with Crippen LogP contribution in [0.3, 0.4) is 0 Å². The van der Waals surface area contributed by atoms with Gasteiger partial charge in [-0.15, -0.1) is 0 Å². The number of piperazine rings is 1. The zero-order valence-electron chi connectivity index (χ0n) is 22.6. The summed E-state index contributed by atoms with van der Waals surface area (Å²) in [6.45, 7) is 5.15. The van der Waals surface area contributed by atoms with Gasteiger partial charge in [0.1, 0.15) is 5.75 Å². The summed E-state index contributed by atoms with van der Waals surface area (Å²) < 4.78 is 66.3. The first-order valence-electron chi connectivity index (χ1n) is 12.9. The van der Waals surface area contributed by atoms with Crippen LogP contribution in [0, 0.1) is 6.92 Å². The van der Waals surface area contributed by atoms with E-state index in [1.165, 1.54) is 27.9 Å². The first kappa shape index (κ1) is 29.4. The number of sulfonamides is 2. The third kappa shape index (κ3) is 6.79. The Balaban J connectivity index is 1.45. The minimum Gasteiger partial charge on any atom is -0.496 e. The van der Waals surface area contributed by atoms with Crippen LogP contribution in [0.5, 0.6) is 5.75 Å². The van der Waals surface area contributed by atoms with Crippen molar-refractivity contribution in [1.82, 2.24) is 13.5 Å². The van der Waals surface area contributed by atoms with E-state index in [1.807, 2.05) is 7.05 Å². The van der Waals surface area contributed by atoms with E-state index >= 15 is 0 Å². The lowest BCUT2D eigenvalue weighted by molar-refractivity contribution is -0.116. The van der Waals surface area contributed by atoms with Gasteiger partial charge in [0.05, 0.1) is 30.1 Å². The lowest BCUT2D eigenvalue weighted by atomic mass is 10.1. The molecule has 2 aromatic rings. The van der Waals surface area contributed by atoms with E-state index in [0.29, 0.717) is 62.0 Å². The number of nitrogens with zero attached hydrogens (tertiary/aromatic N) is 3. The van der Waals surface area contributed by atoms with Crippen LogP contribution in [0.2, 0.25) is 0 Å². The number of nitrogens with one attached hydrogen (secondary N) is 1. The second-order valence-electron chi connectivity index (χ2n) is 9.73. The molecule has 13 heteroatoms. The van der Waals surface area contributed by atoms with Crippen LogP contribution in [0.1, 0.15) is 17.5 Å². The molecule has 2 fully saturated rings. The number of carbonyl (C=O) groups excluding carboxylic acids is 1. The molecule has 2 saturated heterocycles. The molecule has 2 aliphatic rings. The summed E-state index contributed by atoms with van der Waals surface area (Å²) in [5.41, 5.74) is 1.58. The van der Waals surface area contributed by atoms with Gasteiger partial charge in [0.25, 0.3) is 0 Å². The van der Waals surface area contributed by atoms with Crippen molar-refractivity contribution < 1.29 is 31.1 Å². The zero-order chi connectivity index (χ0) is 28.2. The third-order valence-corrected chi connectivity index (χ3v) is 11.0. The van der Waals surface area contributed by atoms with Crippen LogP contribution < -0.4 is 10.1 Å². The number of likely N-dealkylation sites (N-methyl/N-ethyl adjacent to an activating group) is 1. The number of amides is 1. The van der Waals surface area contributed by atoms with Gasteiger partial charge in [-0.25, -0.2) is 16.8 Å². The Morgan fingerprint density at radius 3 is 2.26 bits per heavy atom. The molecule has 39 heavy (non-hydrogen) atoms. The summed E-state index contributed by atoms with van der Waals surface area (Å²) in [5.74, 6) is 0.157. The van der Waals surface area contributed by atoms with Crippen molar-refractivity contribution in [2.75, 3.05) is 72.0 Å². The Labute approximate surface area is 230 Å². The van der Waals surface area contributed by atoms with Crippen LogP contribution >= 0.6 is 0 Å². The first-order valence-corrected chi connectivity index (χ1v) is 15.7. The SMILES string of the molecule is COc1ccc(S(=O)(=O)N2CCOCC2)cc1CCC(=O)Nc1ccc(C)c(S(=O)(=O)N2CCN(C)CC2)c1. The molecule has 0 radical (unpaired) electrons. The Morgan fingerprint density at radius 2 is 1.59 bits per heavy atom. The highest BCUT2D eigenvalue weighted by molar-refractivity contribution is 7.89. The Hall–Kier alpha value is -2.55. The molecule has 0 unspecified atom stereocenters. The molecule has 0 aromatic heterocycles. The number of morpholine rings is 1. The first-order chi connectivity index (χ1) is 18.5. The van der Waals surface area contributed by atoms with Crippen molar-refractivity contribution in [2.24, 2.45) is 0 Å². The molecule has 1 N–H and O–H groups in total. The number of rotatable bonds is 9. The molecule has 2 aliphatic heterocycles. The van der Waals surface area contributed by atoms with E-state index < -0.39 is 20.0 Å². The van der Waals surface area contributed by atoms with Crippen LogP contribution in [0.4, 0.5) is 5.69 Å². The lowest BCUT2D eigenvalue weighted by Gasteiger charge is -2.32. The smallest absolute Gasteiger partial charge is 0.243 e. The number of benzene rings is 2. The molecule has 11 nitrogen and oxygen atoms in total. The molecular formula is C26H36N4O7S2. The highest BCUT2D eigenvalue weighted by atomic mass is 32.2. The van der Waals surface area contributed by atoms with Crippen LogP contribution in [-0.2, 0) is 36.0 Å². The van der Waals surface area contributed by atoms with Gasteiger partial charge < -0.3 is 19.7 Å². The number of carbonyl (C=O) groups is 1. The minimum absolute atomic E-state index is 0.0475. The molecule has 1 amide bonds. The van der Waals surface area contributed by atoms with Crippen molar-refractivity contribution >= 4 is 31.6 Å². The fourth-order valence-corrected chi connectivity index (χ4v) is 7.77. The van der Waals surface area contributed by atoms with E-state index in [4.69, 9.17) is 9.47 Å². The van der Waals surface area contributed by atoms with Crippen molar-refractivity contribution in [3.05, 3.63) is 47.5 Å². The maximum absolute atomic E-state index is 13.3. The summed E-state index contributed by atoms with van der Waals surface area (Å²) in [5, 5.41) is 2.78.